The number of amides is 1. The molecule has 0 spiro atoms. The SMILES string of the molecule is O=C(Nc1c(F)cccc1N1CCCC1)C1CC(c2ccc(Br)cc2)NN1. The molecule has 0 radical (unpaired) electrons. The van der Waals surface area contributed by atoms with Crippen molar-refractivity contribution in [3.05, 3.63) is 58.3 Å². The van der Waals surface area contributed by atoms with Crippen LogP contribution in [-0.2, 0) is 4.79 Å². The van der Waals surface area contributed by atoms with Gasteiger partial charge in [0.1, 0.15) is 17.5 Å². The van der Waals surface area contributed by atoms with Gasteiger partial charge in [-0.3, -0.25) is 4.79 Å². The van der Waals surface area contributed by atoms with Gasteiger partial charge in [-0.25, -0.2) is 15.2 Å². The summed E-state index contributed by atoms with van der Waals surface area (Å²) in [5, 5.41) is 2.81. The maximum atomic E-state index is 14.4. The first-order chi connectivity index (χ1) is 13.1. The first-order valence-electron chi connectivity index (χ1n) is 9.22. The van der Waals surface area contributed by atoms with E-state index in [0.717, 1.165) is 41.7 Å². The van der Waals surface area contributed by atoms with Gasteiger partial charge < -0.3 is 10.2 Å². The summed E-state index contributed by atoms with van der Waals surface area (Å²) < 4.78 is 15.5. The lowest BCUT2D eigenvalue weighted by Crippen LogP contribution is -2.40. The fraction of sp³-hybridized carbons (Fsp3) is 0.350. The van der Waals surface area contributed by atoms with Crippen molar-refractivity contribution in [1.29, 1.82) is 0 Å². The van der Waals surface area contributed by atoms with Crippen molar-refractivity contribution in [2.45, 2.75) is 31.3 Å². The second-order valence-electron chi connectivity index (χ2n) is 7.00. The van der Waals surface area contributed by atoms with Crippen molar-refractivity contribution in [3.63, 3.8) is 0 Å². The Bertz CT molecular complexity index is 823. The molecule has 2 heterocycles. The number of anilines is 2. The Morgan fingerprint density at radius 1 is 1.11 bits per heavy atom. The van der Waals surface area contributed by atoms with Crippen LogP contribution in [0.15, 0.2) is 46.9 Å². The molecular weight excluding hydrogens is 411 g/mol. The lowest BCUT2D eigenvalue weighted by Gasteiger charge is -2.22. The summed E-state index contributed by atoms with van der Waals surface area (Å²) in [4.78, 5) is 14.9. The summed E-state index contributed by atoms with van der Waals surface area (Å²) >= 11 is 3.43. The standard InChI is InChI=1S/C20H22BrFN4O/c21-14-8-6-13(7-9-14)16-12-17(25-24-16)20(27)23-19-15(22)4-3-5-18(19)26-10-1-2-11-26/h3-9,16-17,24-25H,1-2,10-12H2,(H,23,27). The van der Waals surface area contributed by atoms with Gasteiger partial charge >= 0.3 is 0 Å². The topological polar surface area (TPSA) is 56.4 Å². The smallest absolute Gasteiger partial charge is 0.243 e. The first kappa shape index (κ1) is 18.4. The summed E-state index contributed by atoms with van der Waals surface area (Å²) in [6.45, 7) is 1.78. The van der Waals surface area contributed by atoms with E-state index in [1.807, 2.05) is 30.3 Å². The molecule has 7 heteroatoms. The summed E-state index contributed by atoms with van der Waals surface area (Å²) in [6, 6.07) is 12.6. The molecule has 3 N–H and O–H groups in total. The number of nitrogens with zero attached hydrogens (tertiary/aromatic N) is 1. The number of carbonyl (C=O) groups is 1. The predicted octanol–water partition coefficient (Wildman–Crippen LogP) is 3.73. The molecule has 5 nitrogen and oxygen atoms in total. The highest BCUT2D eigenvalue weighted by Crippen LogP contribution is 2.32. The van der Waals surface area contributed by atoms with Crippen molar-refractivity contribution in [1.82, 2.24) is 10.9 Å². The quantitative estimate of drug-likeness (QED) is 0.688. The number of para-hydroxylation sites is 1. The molecule has 2 unspecified atom stereocenters. The molecule has 0 aromatic heterocycles. The second kappa shape index (κ2) is 7.96. The molecule has 2 aromatic rings. The van der Waals surface area contributed by atoms with Crippen LogP contribution in [0.1, 0.15) is 30.9 Å². The molecule has 2 saturated heterocycles. The van der Waals surface area contributed by atoms with Gasteiger partial charge in [0.15, 0.2) is 0 Å². The fourth-order valence-corrected chi connectivity index (χ4v) is 3.97. The Kier molecular flexibility index (Phi) is 5.43. The lowest BCUT2D eigenvalue weighted by atomic mass is 10.0. The molecule has 2 aromatic carbocycles. The summed E-state index contributed by atoms with van der Waals surface area (Å²) in [5.74, 6) is -0.629. The zero-order valence-electron chi connectivity index (χ0n) is 14.8. The van der Waals surface area contributed by atoms with Crippen LogP contribution >= 0.6 is 15.9 Å². The fourth-order valence-electron chi connectivity index (χ4n) is 3.71. The van der Waals surface area contributed by atoms with Crippen LogP contribution in [0.3, 0.4) is 0 Å². The van der Waals surface area contributed by atoms with Gasteiger partial charge in [0, 0.05) is 23.6 Å². The number of hydrazine groups is 1. The maximum Gasteiger partial charge on any atom is 0.243 e. The third kappa shape index (κ3) is 4.00. The molecule has 0 bridgehead atoms. The average Bonchev–Trinajstić information content (AvgIpc) is 3.36. The minimum absolute atomic E-state index is 0.0347. The van der Waals surface area contributed by atoms with Gasteiger partial charge in [0.05, 0.1) is 5.69 Å². The highest BCUT2D eigenvalue weighted by atomic mass is 79.9. The Balaban J connectivity index is 1.46. The number of hydrogen-bond acceptors (Lipinski definition) is 4. The van der Waals surface area contributed by atoms with Crippen LogP contribution in [0.25, 0.3) is 0 Å². The molecule has 2 aliphatic heterocycles. The molecule has 1 amide bonds. The molecule has 27 heavy (non-hydrogen) atoms. The summed E-state index contributed by atoms with van der Waals surface area (Å²) in [6.07, 6.45) is 2.78. The third-order valence-electron chi connectivity index (χ3n) is 5.18. The van der Waals surface area contributed by atoms with Crippen molar-refractivity contribution in [3.8, 4) is 0 Å². The summed E-state index contributed by atoms with van der Waals surface area (Å²) in [5.41, 5.74) is 8.34. The van der Waals surface area contributed by atoms with Crippen LogP contribution in [0, 0.1) is 5.82 Å². The van der Waals surface area contributed by atoms with E-state index in [-0.39, 0.29) is 17.6 Å². The maximum absolute atomic E-state index is 14.4. The van der Waals surface area contributed by atoms with E-state index in [2.05, 4.69) is 37.0 Å². The molecule has 0 saturated carbocycles. The summed E-state index contributed by atoms with van der Waals surface area (Å²) in [7, 11) is 0. The van der Waals surface area contributed by atoms with Crippen molar-refractivity contribution in [2.24, 2.45) is 0 Å². The van der Waals surface area contributed by atoms with Crippen molar-refractivity contribution in [2.75, 3.05) is 23.3 Å². The van der Waals surface area contributed by atoms with Crippen molar-refractivity contribution >= 4 is 33.2 Å². The zero-order chi connectivity index (χ0) is 18.8. The predicted molar refractivity (Wildman–Crippen MR) is 108 cm³/mol. The van der Waals surface area contributed by atoms with Crippen LogP contribution in [0.4, 0.5) is 15.8 Å². The second-order valence-corrected chi connectivity index (χ2v) is 7.91. The largest absolute Gasteiger partial charge is 0.370 e. The van der Waals surface area contributed by atoms with E-state index in [0.29, 0.717) is 6.42 Å². The Labute approximate surface area is 166 Å². The van der Waals surface area contributed by atoms with Crippen LogP contribution in [0.5, 0.6) is 0 Å². The van der Waals surface area contributed by atoms with Crippen LogP contribution in [-0.4, -0.2) is 25.0 Å². The molecule has 0 aliphatic carbocycles. The van der Waals surface area contributed by atoms with E-state index < -0.39 is 11.9 Å². The van der Waals surface area contributed by atoms with Gasteiger partial charge in [-0.1, -0.05) is 34.1 Å². The number of halogens is 2. The van der Waals surface area contributed by atoms with E-state index in [1.165, 1.54) is 6.07 Å². The minimum Gasteiger partial charge on any atom is -0.370 e. The Morgan fingerprint density at radius 3 is 2.59 bits per heavy atom. The monoisotopic (exact) mass is 432 g/mol. The highest BCUT2D eigenvalue weighted by Gasteiger charge is 2.31. The molecule has 142 valence electrons. The normalized spacial score (nSPS) is 22.2. The Hall–Kier alpha value is -1.96. The minimum atomic E-state index is -0.426. The molecule has 4 rings (SSSR count). The third-order valence-corrected chi connectivity index (χ3v) is 5.71. The molecule has 2 aliphatic rings. The molecule has 2 fully saturated rings. The van der Waals surface area contributed by atoms with Gasteiger partial charge in [0.2, 0.25) is 5.91 Å². The number of carbonyl (C=O) groups excluding carboxylic acids is 1. The number of nitrogens with one attached hydrogen (secondary N) is 3. The van der Waals surface area contributed by atoms with Crippen LogP contribution < -0.4 is 21.1 Å². The first-order valence-corrected chi connectivity index (χ1v) is 10.0. The van der Waals surface area contributed by atoms with E-state index in [4.69, 9.17) is 0 Å². The van der Waals surface area contributed by atoms with E-state index >= 15 is 0 Å². The average molecular weight is 433 g/mol. The number of benzene rings is 2. The molecular formula is C20H22BrFN4O. The zero-order valence-corrected chi connectivity index (χ0v) is 16.4. The van der Waals surface area contributed by atoms with Crippen LogP contribution in [0.2, 0.25) is 0 Å². The van der Waals surface area contributed by atoms with E-state index in [1.54, 1.807) is 6.07 Å². The lowest BCUT2D eigenvalue weighted by molar-refractivity contribution is -0.117. The molecule has 2 atom stereocenters. The number of hydrogen-bond donors (Lipinski definition) is 3. The Morgan fingerprint density at radius 2 is 1.85 bits per heavy atom. The van der Waals surface area contributed by atoms with Crippen molar-refractivity contribution < 1.29 is 9.18 Å². The van der Waals surface area contributed by atoms with Gasteiger partial charge in [-0.05, 0) is 49.1 Å². The highest BCUT2D eigenvalue weighted by molar-refractivity contribution is 9.10. The van der Waals surface area contributed by atoms with E-state index in [9.17, 15) is 9.18 Å². The van der Waals surface area contributed by atoms with Gasteiger partial charge in [0.25, 0.3) is 0 Å². The van der Waals surface area contributed by atoms with Gasteiger partial charge in [-0.2, -0.15) is 0 Å². The van der Waals surface area contributed by atoms with Gasteiger partial charge in [-0.15, -0.1) is 0 Å². The number of rotatable bonds is 4.